The molecule has 26 heavy (non-hydrogen) atoms. The predicted molar refractivity (Wildman–Crippen MR) is 94.9 cm³/mol. The number of nitrogens with zero attached hydrogens (tertiary/aromatic N) is 2. The van der Waals surface area contributed by atoms with Crippen molar-refractivity contribution in [3.8, 4) is 11.3 Å². The van der Waals surface area contributed by atoms with Crippen LogP contribution in [-0.4, -0.2) is 21.1 Å². The van der Waals surface area contributed by atoms with E-state index in [2.05, 4.69) is 20.5 Å². The molecule has 3 aromatic rings. The third-order valence-electron chi connectivity index (χ3n) is 3.91. The molecule has 0 atom stereocenters. The molecule has 0 aliphatic carbocycles. The van der Waals surface area contributed by atoms with Gasteiger partial charge >= 0.3 is 0 Å². The number of rotatable bonds is 5. The van der Waals surface area contributed by atoms with Crippen LogP contribution in [0.15, 0.2) is 36.7 Å². The quantitative estimate of drug-likeness (QED) is 0.653. The van der Waals surface area contributed by atoms with E-state index in [4.69, 9.17) is 11.6 Å². The average Bonchev–Trinajstić information content (AvgIpc) is 2.99. The predicted octanol–water partition coefficient (Wildman–Crippen LogP) is 4.28. The lowest BCUT2D eigenvalue weighted by Gasteiger charge is -2.06. The van der Waals surface area contributed by atoms with Crippen LogP contribution >= 0.6 is 11.6 Å². The molecule has 0 unspecified atom stereocenters. The Bertz CT molecular complexity index is 921. The molecule has 3 rings (SSSR count). The summed E-state index contributed by atoms with van der Waals surface area (Å²) in [5, 5.41) is 9.18. The van der Waals surface area contributed by atoms with Crippen LogP contribution in [0.1, 0.15) is 17.5 Å². The van der Waals surface area contributed by atoms with E-state index >= 15 is 0 Å². The van der Waals surface area contributed by atoms with Crippen LogP contribution in [0.4, 0.5) is 14.6 Å². The fraction of sp³-hybridized carbons (Fsp3) is 0.167. The molecule has 1 amide bonds. The SMILES string of the molecule is Cc1c(-c2ccncc2)n[nH]c1NC(=O)CCc1cc(F)c(Cl)c(F)c1. The summed E-state index contributed by atoms with van der Waals surface area (Å²) in [5.74, 6) is -1.49. The number of carbonyl (C=O) groups excluding carboxylic acids is 1. The molecule has 0 bridgehead atoms. The van der Waals surface area contributed by atoms with Crippen LogP contribution in [0, 0.1) is 18.6 Å². The fourth-order valence-corrected chi connectivity index (χ4v) is 2.63. The molecular formula is C18H15ClF2N4O. The summed E-state index contributed by atoms with van der Waals surface area (Å²) in [4.78, 5) is 16.1. The summed E-state index contributed by atoms with van der Waals surface area (Å²) >= 11 is 5.45. The minimum absolute atomic E-state index is 0.0591. The van der Waals surface area contributed by atoms with E-state index in [-0.39, 0.29) is 18.7 Å². The van der Waals surface area contributed by atoms with Gasteiger partial charge in [-0.05, 0) is 43.2 Å². The Labute approximate surface area is 153 Å². The second-order valence-corrected chi connectivity index (χ2v) is 6.11. The van der Waals surface area contributed by atoms with E-state index in [1.807, 2.05) is 19.1 Å². The largest absolute Gasteiger partial charge is 0.311 e. The number of aromatic amines is 1. The van der Waals surface area contributed by atoms with Crippen LogP contribution in [0.2, 0.25) is 5.02 Å². The standard InChI is InChI=1S/C18H15ClF2N4O/c1-10-17(12-4-6-22-7-5-12)24-25-18(10)23-15(26)3-2-11-8-13(20)16(19)14(21)9-11/h4-9H,2-3H2,1H3,(H2,23,24,25,26). The highest BCUT2D eigenvalue weighted by atomic mass is 35.5. The number of H-pyrrole nitrogens is 1. The van der Waals surface area contributed by atoms with Crippen LogP contribution < -0.4 is 5.32 Å². The number of nitrogens with one attached hydrogen (secondary N) is 2. The number of halogens is 3. The smallest absolute Gasteiger partial charge is 0.225 e. The second kappa shape index (κ2) is 7.61. The molecule has 0 aliphatic rings. The zero-order chi connectivity index (χ0) is 18.7. The number of anilines is 1. The van der Waals surface area contributed by atoms with E-state index in [1.54, 1.807) is 12.4 Å². The number of carbonyl (C=O) groups is 1. The highest BCUT2D eigenvalue weighted by Gasteiger charge is 2.14. The summed E-state index contributed by atoms with van der Waals surface area (Å²) < 4.78 is 26.9. The van der Waals surface area contributed by atoms with E-state index in [1.165, 1.54) is 0 Å². The van der Waals surface area contributed by atoms with E-state index in [0.717, 1.165) is 23.3 Å². The number of aromatic nitrogens is 3. The number of amides is 1. The molecule has 0 aliphatic heterocycles. The lowest BCUT2D eigenvalue weighted by molar-refractivity contribution is -0.116. The maximum atomic E-state index is 13.4. The summed E-state index contributed by atoms with van der Waals surface area (Å²) in [5.41, 5.74) is 2.73. The van der Waals surface area contributed by atoms with Crippen molar-refractivity contribution in [1.82, 2.24) is 15.2 Å². The first-order valence-corrected chi connectivity index (χ1v) is 8.22. The molecule has 0 fully saturated rings. The highest BCUT2D eigenvalue weighted by molar-refractivity contribution is 6.30. The fourth-order valence-electron chi connectivity index (χ4n) is 2.52. The normalized spacial score (nSPS) is 10.8. The van der Waals surface area contributed by atoms with Gasteiger partial charge in [-0.3, -0.25) is 14.9 Å². The number of aryl methyl sites for hydroxylation is 1. The molecule has 0 spiro atoms. The Morgan fingerprint density at radius 1 is 1.23 bits per heavy atom. The molecule has 2 N–H and O–H groups in total. The molecule has 0 radical (unpaired) electrons. The first kappa shape index (κ1) is 18.0. The monoisotopic (exact) mass is 376 g/mol. The average molecular weight is 377 g/mol. The molecule has 8 heteroatoms. The van der Waals surface area contributed by atoms with Crippen molar-refractivity contribution < 1.29 is 13.6 Å². The molecule has 5 nitrogen and oxygen atoms in total. The third kappa shape index (κ3) is 3.88. The topological polar surface area (TPSA) is 70.7 Å². The Morgan fingerprint density at radius 2 is 1.88 bits per heavy atom. The van der Waals surface area contributed by atoms with Crippen molar-refractivity contribution in [3.63, 3.8) is 0 Å². The number of benzene rings is 1. The van der Waals surface area contributed by atoms with Gasteiger partial charge in [0.05, 0.1) is 5.69 Å². The summed E-state index contributed by atoms with van der Waals surface area (Å²) in [6.45, 7) is 1.83. The van der Waals surface area contributed by atoms with Crippen molar-refractivity contribution in [1.29, 1.82) is 0 Å². The first-order chi connectivity index (χ1) is 12.5. The zero-order valence-corrected chi connectivity index (χ0v) is 14.6. The van der Waals surface area contributed by atoms with Gasteiger partial charge in [-0.2, -0.15) is 5.10 Å². The zero-order valence-electron chi connectivity index (χ0n) is 13.8. The van der Waals surface area contributed by atoms with E-state index < -0.39 is 16.7 Å². The van der Waals surface area contributed by atoms with E-state index in [9.17, 15) is 13.6 Å². The Kier molecular flexibility index (Phi) is 5.27. The van der Waals surface area contributed by atoms with Gasteiger partial charge in [-0.1, -0.05) is 11.6 Å². The van der Waals surface area contributed by atoms with Gasteiger partial charge in [0.25, 0.3) is 0 Å². The van der Waals surface area contributed by atoms with Gasteiger partial charge in [0.2, 0.25) is 5.91 Å². The van der Waals surface area contributed by atoms with Gasteiger partial charge in [0.15, 0.2) is 0 Å². The van der Waals surface area contributed by atoms with Crippen molar-refractivity contribution in [2.24, 2.45) is 0 Å². The Hall–Kier alpha value is -2.80. The highest BCUT2D eigenvalue weighted by Crippen LogP contribution is 2.25. The van der Waals surface area contributed by atoms with Gasteiger partial charge in [-0.25, -0.2) is 8.78 Å². The minimum atomic E-state index is -0.839. The number of pyridine rings is 1. The summed E-state index contributed by atoms with van der Waals surface area (Å²) in [6.07, 6.45) is 3.56. The summed E-state index contributed by atoms with van der Waals surface area (Å²) in [6, 6.07) is 5.89. The van der Waals surface area contributed by atoms with Crippen molar-refractivity contribution in [2.45, 2.75) is 19.8 Å². The van der Waals surface area contributed by atoms with Gasteiger partial charge in [-0.15, -0.1) is 0 Å². The van der Waals surface area contributed by atoms with Crippen LogP contribution in [0.5, 0.6) is 0 Å². The Balaban J connectivity index is 1.65. The van der Waals surface area contributed by atoms with Crippen LogP contribution in [0.3, 0.4) is 0 Å². The van der Waals surface area contributed by atoms with E-state index in [0.29, 0.717) is 17.1 Å². The maximum absolute atomic E-state index is 13.4. The molecule has 134 valence electrons. The lowest BCUT2D eigenvalue weighted by Crippen LogP contribution is -2.13. The van der Waals surface area contributed by atoms with Crippen LogP contribution in [-0.2, 0) is 11.2 Å². The molecular weight excluding hydrogens is 362 g/mol. The maximum Gasteiger partial charge on any atom is 0.225 e. The lowest BCUT2D eigenvalue weighted by atomic mass is 10.1. The molecule has 0 saturated heterocycles. The van der Waals surface area contributed by atoms with Gasteiger partial charge in [0.1, 0.15) is 22.5 Å². The van der Waals surface area contributed by atoms with Gasteiger partial charge in [0, 0.05) is 29.9 Å². The number of hydrogen-bond acceptors (Lipinski definition) is 3. The first-order valence-electron chi connectivity index (χ1n) is 7.84. The third-order valence-corrected chi connectivity index (χ3v) is 4.27. The molecule has 2 aromatic heterocycles. The van der Waals surface area contributed by atoms with Gasteiger partial charge < -0.3 is 5.32 Å². The van der Waals surface area contributed by atoms with Crippen molar-refractivity contribution in [2.75, 3.05) is 5.32 Å². The van der Waals surface area contributed by atoms with Crippen molar-refractivity contribution in [3.05, 3.63) is 64.4 Å². The summed E-state index contributed by atoms with van der Waals surface area (Å²) in [7, 11) is 0. The van der Waals surface area contributed by atoms with Crippen molar-refractivity contribution >= 4 is 23.3 Å². The Morgan fingerprint density at radius 3 is 2.54 bits per heavy atom. The molecule has 0 saturated carbocycles. The molecule has 1 aromatic carbocycles. The minimum Gasteiger partial charge on any atom is -0.311 e. The number of hydrogen-bond donors (Lipinski definition) is 2. The van der Waals surface area contributed by atoms with Crippen LogP contribution in [0.25, 0.3) is 11.3 Å². The molecule has 2 heterocycles. The second-order valence-electron chi connectivity index (χ2n) is 5.73.